The smallest absolute Gasteiger partial charge is 0.158 e. The Bertz CT molecular complexity index is 1340. The Labute approximate surface area is 195 Å². The number of nitrogens with one attached hydrogen (secondary N) is 1. The van der Waals surface area contributed by atoms with Crippen LogP contribution in [0.3, 0.4) is 0 Å². The molecule has 0 amide bonds. The summed E-state index contributed by atoms with van der Waals surface area (Å²) >= 11 is 0. The lowest BCUT2D eigenvalue weighted by Gasteiger charge is -2.13. The second kappa shape index (κ2) is 9.82. The maximum Gasteiger partial charge on any atom is 0.158 e. The SMILES string of the molecule is COc1cc(OC)c2c(Nc3ccc(CC(=O)Cn4cc(C(C)C)nn4)cc3F)ncnc2c1. The van der Waals surface area contributed by atoms with Crippen molar-refractivity contribution in [1.29, 1.82) is 0 Å². The van der Waals surface area contributed by atoms with Crippen LogP contribution in [0, 0.1) is 5.82 Å². The van der Waals surface area contributed by atoms with Gasteiger partial charge >= 0.3 is 0 Å². The Morgan fingerprint density at radius 1 is 1.15 bits per heavy atom. The van der Waals surface area contributed by atoms with Crippen LogP contribution >= 0.6 is 0 Å². The topological polar surface area (TPSA) is 104 Å². The highest BCUT2D eigenvalue weighted by molar-refractivity contribution is 5.96. The lowest BCUT2D eigenvalue weighted by molar-refractivity contribution is -0.119. The second-order valence-electron chi connectivity index (χ2n) is 8.10. The van der Waals surface area contributed by atoms with Gasteiger partial charge in [0.1, 0.15) is 36.0 Å². The number of hydrogen-bond donors (Lipinski definition) is 1. The first-order chi connectivity index (χ1) is 16.4. The summed E-state index contributed by atoms with van der Waals surface area (Å²) in [6.07, 6.45) is 3.22. The zero-order chi connectivity index (χ0) is 24.2. The number of fused-ring (bicyclic) bond motifs is 1. The molecule has 1 N–H and O–H groups in total. The van der Waals surface area contributed by atoms with Crippen molar-refractivity contribution in [3.8, 4) is 11.5 Å². The highest BCUT2D eigenvalue weighted by Crippen LogP contribution is 2.35. The number of anilines is 2. The fraction of sp³-hybridized carbons (Fsp3) is 0.292. The van der Waals surface area contributed by atoms with Gasteiger partial charge in [-0.1, -0.05) is 25.1 Å². The number of methoxy groups -OCH3 is 2. The van der Waals surface area contributed by atoms with Crippen LogP contribution in [-0.4, -0.2) is 45.0 Å². The number of benzene rings is 2. The van der Waals surface area contributed by atoms with Crippen LogP contribution in [-0.2, 0) is 17.8 Å². The summed E-state index contributed by atoms with van der Waals surface area (Å²) < 4.78 is 27.2. The molecule has 34 heavy (non-hydrogen) atoms. The molecule has 0 spiro atoms. The summed E-state index contributed by atoms with van der Waals surface area (Å²) in [6.45, 7) is 4.09. The summed E-state index contributed by atoms with van der Waals surface area (Å²) in [6, 6.07) is 8.07. The first-order valence-electron chi connectivity index (χ1n) is 10.7. The molecule has 0 aliphatic rings. The molecule has 176 valence electrons. The van der Waals surface area contributed by atoms with Crippen LogP contribution in [0.25, 0.3) is 10.9 Å². The summed E-state index contributed by atoms with van der Waals surface area (Å²) in [7, 11) is 3.08. The van der Waals surface area contributed by atoms with Gasteiger partial charge in [-0.3, -0.25) is 4.79 Å². The molecule has 0 unspecified atom stereocenters. The van der Waals surface area contributed by atoms with Crippen LogP contribution in [0.2, 0.25) is 0 Å². The number of ether oxygens (including phenoxy) is 2. The molecule has 2 heterocycles. The first kappa shape index (κ1) is 23.1. The molecule has 0 fully saturated rings. The van der Waals surface area contributed by atoms with E-state index in [1.165, 1.54) is 24.2 Å². The van der Waals surface area contributed by atoms with E-state index >= 15 is 0 Å². The minimum Gasteiger partial charge on any atom is -0.497 e. The Morgan fingerprint density at radius 2 is 1.97 bits per heavy atom. The number of Topliss-reactive ketones (excluding diaryl/α,β-unsaturated/α-hetero) is 1. The molecule has 0 atom stereocenters. The Morgan fingerprint density at radius 3 is 2.65 bits per heavy atom. The molecule has 0 aliphatic heterocycles. The third-order valence-corrected chi connectivity index (χ3v) is 5.31. The largest absolute Gasteiger partial charge is 0.497 e. The van der Waals surface area contributed by atoms with E-state index < -0.39 is 5.82 Å². The minimum atomic E-state index is -0.507. The molecule has 2 aromatic heterocycles. The van der Waals surface area contributed by atoms with Gasteiger partial charge in [-0.15, -0.1) is 5.10 Å². The zero-order valence-electron chi connectivity index (χ0n) is 19.4. The monoisotopic (exact) mass is 464 g/mol. The van der Waals surface area contributed by atoms with Gasteiger partial charge in [0.25, 0.3) is 0 Å². The van der Waals surface area contributed by atoms with Crippen molar-refractivity contribution in [3.05, 3.63) is 59.9 Å². The summed E-state index contributed by atoms with van der Waals surface area (Å²) in [5.74, 6) is 1.09. The zero-order valence-corrected chi connectivity index (χ0v) is 19.4. The molecule has 4 rings (SSSR count). The molecular weight excluding hydrogens is 439 g/mol. The number of hydrogen-bond acceptors (Lipinski definition) is 8. The van der Waals surface area contributed by atoms with E-state index in [4.69, 9.17) is 9.47 Å². The number of rotatable bonds is 9. The highest BCUT2D eigenvalue weighted by atomic mass is 19.1. The maximum absolute atomic E-state index is 14.9. The summed E-state index contributed by atoms with van der Waals surface area (Å²) in [4.78, 5) is 21.0. The van der Waals surface area contributed by atoms with Gasteiger partial charge in [-0.05, 0) is 23.6 Å². The van der Waals surface area contributed by atoms with Gasteiger partial charge in [-0.2, -0.15) is 0 Å². The van der Waals surface area contributed by atoms with Gasteiger partial charge in [0.05, 0.1) is 36.5 Å². The molecule has 0 saturated heterocycles. The van der Waals surface area contributed by atoms with E-state index in [2.05, 4.69) is 25.6 Å². The van der Waals surface area contributed by atoms with Crippen LogP contribution < -0.4 is 14.8 Å². The number of carbonyl (C=O) groups is 1. The Hall–Kier alpha value is -4.08. The molecular formula is C24H25FN6O3. The Kier molecular flexibility index (Phi) is 6.67. The molecule has 4 aromatic rings. The summed E-state index contributed by atoms with van der Waals surface area (Å²) in [5, 5.41) is 11.6. The van der Waals surface area contributed by atoms with Gasteiger partial charge < -0.3 is 14.8 Å². The fourth-order valence-corrected chi connectivity index (χ4v) is 3.52. The second-order valence-corrected chi connectivity index (χ2v) is 8.10. The van der Waals surface area contributed by atoms with Crippen molar-refractivity contribution in [2.75, 3.05) is 19.5 Å². The molecule has 0 radical (unpaired) electrons. The van der Waals surface area contributed by atoms with E-state index in [1.54, 1.807) is 37.6 Å². The lowest BCUT2D eigenvalue weighted by Crippen LogP contribution is -2.13. The van der Waals surface area contributed by atoms with Crippen LogP contribution in [0.15, 0.2) is 42.9 Å². The van der Waals surface area contributed by atoms with E-state index in [0.717, 1.165) is 5.69 Å². The number of halogens is 1. The Balaban J connectivity index is 1.51. The lowest BCUT2D eigenvalue weighted by atomic mass is 10.1. The average molecular weight is 465 g/mol. The third kappa shape index (κ3) is 4.95. The molecule has 0 saturated carbocycles. The van der Waals surface area contributed by atoms with Crippen molar-refractivity contribution in [2.45, 2.75) is 32.7 Å². The first-order valence-corrected chi connectivity index (χ1v) is 10.7. The van der Waals surface area contributed by atoms with Crippen LogP contribution in [0.4, 0.5) is 15.9 Å². The number of ketones is 1. The predicted octanol–water partition coefficient (Wildman–Crippen LogP) is 4.06. The molecule has 0 bridgehead atoms. The molecule has 10 heteroatoms. The standard InChI is InChI=1S/C24H25FN6O3/c1-14(2)21-12-31(30-29-21)11-16(32)7-15-5-6-19(18(25)8-15)28-24-23-20(26-13-27-24)9-17(33-3)10-22(23)34-4/h5-6,8-10,12-14H,7,11H2,1-4H3,(H,26,27,28). The number of aromatic nitrogens is 5. The highest BCUT2D eigenvalue weighted by Gasteiger charge is 2.15. The molecule has 0 aliphatic carbocycles. The molecule has 2 aromatic carbocycles. The van der Waals surface area contributed by atoms with E-state index in [0.29, 0.717) is 33.8 Å². The van der Waals surface area contributed by atoms with E-state index in [1.807, 2.05) is 13.8 Å². The van der Waals surface area contributed by atoms with Crippen molar-refractivity contribution in [2.24, 2.45) is 0 Å². The van der Waals surface area contributed by atoms with Crippen molar-refractivity contribution in [1.82, 2.24) is 25.0 Å². The van der Waals surface area contributed by atoms with Crippen molar-refractivity contribution < 1.29 is 18.7 Å². The fourth-order valence-electron chi connectivity index (χ4n) is 3.52. The number of nitrogens with zero attached hydrogens (tertiary/aromatic N) is 5. The predicted molar refractivity (Wildman–Crippen MR) is 125 cm³/mol. The number of carbonyl (C=O) groups excluding carboxylic acids is 1. The third-order valence-electron chi connectivity index (χ3n) is 5.31. The minimum absolute atomic E-state index is 0.0809. The average Bonchev–Trinajstić information content (AvgIpc) is 3.28. The van der Waals surface area contributed by atoms with Gasteiger partial charge in [-0.25, -0.2) is 19.0 Å². The molecule has 9 nitrogen and oxygen atoms in total. The van der Waals surface area contributed by atoms with Gasteiger partial charge in [0, 0.05) is 24.8 Å². The van der Waals surface area contributed by atoms with Crippen LogP contribution in [0.5, 0.6) is 11.5 Å². The quantitative estimate of drug-likeness (QED) is 0.396. The normalized spacial score (nSPS) is 11.1. The van der Waals surface area contributed by atoms with Crippen molar-refractivity contribution in [3.63, 3.8) is 0 Å². The maximum atomic E-state index is 14.9. The van der Waals surface area contributed by atoms with Gasteiger partial charge in [0.2, 0.25) is 0 Å². The summed E-state index contributed by atoms with van der Waals surface area (Å²) in [5.41, 5.74) is 2.19. The van der Waals surface area contributed by atoms with Gasteiger partial charge in [0.15, 0.2) is 5.78 Å². The van der Waals surface area contributed by atoms with E-state index in [9.17, 15) is 9.18 Å². The van der Waals surface area contributed by atoms with Crippen LogP contribution in [0.1, 0.15) is 31.0 Å². The van der Waals surface area contributed by atoms with Crippen molar-refractivity contribution >= 4 is 28.2 Å². The van der Waals surface area contributed by atoms with E-state index in [-0.39, 0.29) is 30.4 Å².